The van der Waals surface area contributed by atoms with Crippen LogP contribution in [0.4, 0.5) is 0 Å². The van der Waals surface area contributed by atoms with Gasteiger partial charge in [0.05, 0.1) is 0 Å². The van der Waals surface area contributed by atoms with Crippen molar-refractivity contribution in [2.45, 2.75) is 71.9 Å². The third kappa shape index (κ3) is 10.4. The molecule has 0 nitrogen and oxygen atoms in total. The summed E-state index contributed by atoms with van der Waals surface area (Å²) in [6.07, 6.45) is 8.32. The molecule has 0 heterocycles. The van der Waals surface area contributed by atoms with Gasteiger partial charge in [-0.1, -0.05) is 53.4 Å². The topological polar surface area (TPSA) is 0 Å². The van der Waals surface area contributed by atoms with Gasteiger partial charge in [0.2, 0.25) is 0 Å². The summed E-state index contributed by atoms with van der Waals surface area (Å²) in [5, 5.41) is 0. The van der Waals surface area contributed by atoms with E-state index in [4.69, 9.17) is 0 Å². The van der Waals surface area contributed by atoms with Crippen LogP contribution in [0.2, 0.25) is 0 Å². The number of unbranched alkanes of at least 4 members (excludes halogenated alkanes) is 3. The molecule has 2 unspecified atom stereocenters. The molecule has 0 radical (unpaired) electrons. The van der Waals surface area contributed by atoms with Crippen molar-refractivity contribution in [3.05, 3.63) is 0 Å². The van der Waals surface area contributed by atoms with Crippen LogP contribution in [0.5, 0.6) is 0 Å². The van der Waals surface area contributed by atoms with Crippen LogP contribution in [-0.2, 0) is 0 Å². The van der Waals surface area contributed by atoms with Crippen LogP contribution in [0.1, 0.15) is 66.2 Å². The Morgan fingerprint density at radius 1 is 1.08 bits per heavy atom. The highest BCUT2D eigenvalue weighted by Gasteiger charge is 2.14. The van der Waals surface area contributed by atoms with Crippen LogP contribution < -0.4 is 0 Å². The minimum Gasteiger partial charge on any atom is -0.134 e. The van der Waals surface area contributed by atoms with E-state index in [-0.39, 0.29) is 0 Å². The third-order valence-corrected chi connectivity index (χ3v) is 2.87. The van der Waals surface area contributed by atoms with Crippen LogP contribution in [0, 0.1) is 5.41 Å². The minimum atomic E-state index is 0.497. The van der Waals surface area contributed by atoms with E-state index in [0.717, 1.165) is 5.66 Å². The summed E-state index contributed by atoms with van der Waals surface area (Å²) in [4.78, 5) is 0. The Hall–Kier alpha value is 0.430. The van der Waals surface area contributed by atoms with Gasteiger partial charge in [-0.05, 0) is 23.9 Å². The molecule has 0 fully saturated rings. The lowest BCUT2D eigenvalue weighted by Gasteiger charge is -2.22. The van der Waals surface area contributed by atoms with E-state index in [1.807, 2.05) is 0 Å². The molecule has 0 aliphatic heterocycles. The van der Waals surface area contributed by atoms with Crippen molar-refractivity contribution in [3.63, 3.8) is 0 Å². The highest BCUT2D eigenvalue weighted by molar-refractivity contribution is 7.17. The molecule has 0 rings (SSSR count). The molecular weight excluding hydrogens is 175 g/mol. The average molecular weight is 202 g/mol. The Labute approximate surface area is 87.1 Å². The Kier molecular flexibility index (Phi) is 7.05. The highest BCUT2D eigenvalue weighted by Crippen LogP contribution is 2.27. The summed E-state index contributed by atoms with van der Waals surface area (Å²) >= 11 is 0. The van der Waals surface area contributed by atoms with E-state index < -0.39 is 0 Å². The van der Waals surface area contributed by atoms with Crippen molar-refractivity contribution < 1.29 is 0 Å². The summed E-state index contributed by atoms with van der Waals surface area (Å²) in [5.41, 5.74) is 1.33. The molecule has 0 N–H and O–H groups in total. The molecule has 0 aromatic heterocycles. The van der Waals surface area contributed by atoms with E-state index in [1.165, 1.54) is 38.5 Å². The Morgan fingerprint density at radius 3 is 2.15 bits per heavy atom. The smallest absolute Gasteiger partial charge is 0.0259 e. The van der Waals surface area contributed by atoms with E-state index in [0.29, 0.717) is 5.41 Å². The summed E-state index contributed by atoms with van der Waals surface area (Å²) in [6.45, 7) is 9.26. The molecular formula is C12H27P. The lowest BCUT2D eigenvalue weighted by molar-refractivity contribution is 0.363. The van der Waals surface area contributed by atoms with Crippen LogP contribution in [0.3, 0.4) is 0 Å². The predicted octanol–water partition coefficient (Wildman–Crippen LogP) is 4.64. The minimum absolute atomic E-state index is 0.497. The Morgan fingerprint density at radius 2 is 1.69 bits per heavy atom. The van der Waals surface area contributed by atoms with Gasteiger partial charge in [0.25, 0.3) is 0 Å². The average Bonchev–Trinajstić information content (AvgIpc) is 1.94. The predicted molar refractivity (Wildman–Crippen MR) is 66.3 cm³/mol. The number of hydrogen-bond donors (Lipinski definition) is 0. The Bertz CT molecular complexity index is 113. The van der Waals surface area contributed by atoms with Crippen LogP contribution in [0.15, 0.2) is 0 Å². The lowest BCUT2D eigenvalue weighted by atomic mass is 9.89. The molecule has 0 saturated carbocycles. The first-order valence-electron chi connectivity index (χ1n) is 5.71. The maximum atomic E-state index is 3.01. The van der Waals surface area contributed by atoms with Gasteiger partial charge in [-0.3, -0.25) is 0 Å². The normalized spacial score (nSPS) is 14.5. The zero-order chi connectivity index (χ0) is 10.3. The molecule has 1 heteroatoms. The summed E-state index contributed by atoms with van der Waals surface area (Å²) < 4.78 is 0. The van der Waals surface area contributed by atoms with Gasteiger partial charge in [-0.2, -0.15) is 0 Å². The number of rotatable bonds is 6. The van der Waals surface area contributed by atoms with Crippen molar-refractivity contribution in [1.29, 1.82) is 0 Å². The summed E-state index contributed by atoms with van der Waals surface area (Å²) in [5.74, 6) is 0. The van der Waals surface area contributed by atoms with Gasteiger partial charge in [0.15, 0.2) is 0 Å². The summed E-state index contributed by atoms with van der Waals surface area (Å²) in [6, 6.07) is 0. The van der Waals surface area contributed by atoms with Gasteiger partial charge in [-0.15, -0.1) is 9.24 Å². The molecule has 0 aliphatic rings. The Balaban J connectivity index is 3.35. The fraction of sp³-hybridized carbons (Fsp3) is 1.00. The molecule has 0 spiro atoms. The molecule has 0 bridgehead atoms. The van der Waals surface area contributed by atoms with Gasteiger partial charge in [-0.25, -0.2) is 0 Å². The lowest BCUT2D eigenvalue weighted by Crippen LogP contribution is -2.12. The molecule has 0 saturated heterocycles. The van der Waals surface area contributed by atoms with Gasteiger partial charge in [0, 0.05) is 0 Å². The zero-order valence-electron chi connectivity index (χ0n) is 9.90. The molecule has 13 heavy (non-hydrogen) atoms. The first-order valence-corrected chi connectivity index (χ1v) is 6.38. The molecule has 0 aromatic rings. The van der Waals surface area contributed by atoms with Gasteiger partial charge < -0.3 is 0 Å². The van der Waals surface area contributed by atoms with Crippen LogP contribution >= 0.6 is 9.24 Å². The van der Waals surface area contributed by atoms with Gasteiger partial charge >= 0.3 is 0 Å². The van der Waals surface area contributed by atoms with Crippen molar-refractivity contribution in [2.75, 3.05) is 0 Å². The van der Waals surface area contributed by atoms with Crippen molar-refractivity contribution in [2.24, 2.45) is 5.41 Å². The molecule has 0 aliphatic carbocycles. The van der Waals surface area contributed by atoms with E-state index in [1.54, 1.807) is 0 Å². The van der Waals surface area contributed by atoms with Crippen molar-refractivity contribution in [3.8, 4) is 0 Å². The second kappa shape index (κ2) is 6.82. The standard InChI is InChI=1S/C12H27P/c1-5-6-7-8-9-11(13)10-12(2,3)4/h11H,5-10,13H2,1-4H3. The molecule has 80 valence electrons. The highest BCUT2D eigenvalue weighted by atomic mass is 31.0. The SMILES string of the molecule is CCCCCCC(P)CC(C)(C)C. The second-order valence-electron chi connectivity index (χ2n) is 5.37. The van der Waals surface area contributed by atoms with E-state index in [9.17, 15) is 0 Å². The molecule has 0 amide bonds. The fourth-order valence-corrected chi connectivity index (χ4v) is 2.66. The van der Waals surface area contributed by atoms with Crippen LogP contribution in [0.25, 0.3) is 0 Å². The third-order valence-electron chi connectivity index (χ3n) is 2.30. The van der Waals surface area contributed by atoms with Crippen molar-refractivity contribution in [1.82, 2.24) is 0 Å². The van der Waals surface area contributed by atoms with Crippen LogP contribution in [-0.4, -0.2) is 5.66 Å². The van der Waals surface area contributed by atoms with E-state index >= 15 is 0 Å². The second-order valence-corrected chi connectivity index (χ2v) is 6.32. The van der Waals surface area contributed by atoms with E-state index in [2.05, 4.69) is 36.9 Å². The monoisotopic (exact) mass is 202 g/mol. The first kappa shape index (κ1) is 13.4. The van der Waals surface area contributed by atoms with Crippen molar-refractivity contribution >= 4 is 9.24 Å². The number of hydrogen-bond acceptors (Lipinski definition) is 0. The largest absolute Gasteiger partial charge is 0.134 e. The molecule has 0 aromatic carbocycles. The first-order chi connectivity index (χ1) is 5.95. The maximum Gasteiger partial charge on any atom is -0.0259 e. The fourth-order valence-electron chi connectivity index (χ4n) is 1.72. The van der Waals surface area contributed by atoms with Gasteiger partial charge in [0.1, 0.15) is 0 Å². The zero-order valence-corrected chi connectivity index (χ0v) is 11.1. The summed E-state index contributed by atoms with van der Waals surface area (Å²) in [7, 11) is 3.01. The maximum absolute atomic E-state index is 3.01. The molecule has 2 atom stereocenters. The quantitative estimate of drug-likeness (QED) is 0.435.